The third-order valence-electron chi connectivity index (χ3n) is 6.57. The van der Waals surface area contributed by atoms with Gasteiger partial charge in [0.25, 0.3) is 0 Å². The van der Waals surface area contributed by atoms with Gasteiger partial charge in [0, 0.05) is 12.6 Å². The van der Waals surface area contributed by atoms with E-state index >= 15 is 0 Å². The van der Waals surface area contributed by atoms with E-state index in [9.17, 15) is 9.90 Å². The van der Waals surface area contributed by atoms with Crippen LogP contribution in [0.3, 0.4) is 0 Å². The third-order valence-corrected chi connectivity index (χ3v) is 6.57. The molecule has 2 heterocycles. The standard InChI is InChI=1S/C23H32N2O3/c1-16-22(20(27)14-18-10-5-6-11-19(18)26)25-13-7-12-21(23(25)24-16)28-15-17-8-3-2-4-9-17/h7,12-13,17-19,26H,2-6,8-11,14-15H2,1H3/t18?,19-/m1/s1. The van der Waals surface area contributed by atoms with Crippen LogP contribution in [0.25, 0.3) is 5.65 Å². The predicted molar refractivity (Wildman–Crippen MR) is 109 cm³/mol. The Bertz CT molecular complexity index is 823. The zero-order chi connectivity index (χ0) is 19.5. The van der Waals surface area contributed by atoms with Crippen molar-refractivity contribution in [3.8, 4) is 5.75 Å². The van der Waals surface area contributed by atoms with Crippen molar-refractivity contribution >= 4 is 11.4 Å². The highest BCUT2D eigenvalue weighted by molar-refractivity contribution is 5.97. The summed E-state index contributed by atoms with van der Waals surface area (Å²) in [6.07, 6.45) is 12.2. The lowest BCUT2D eigenvalue weighted by Gasteiger charge is -2.26. The molecule has 2 atom stereocenters. The van der Waals surface area contributed by atoms with Crippen LogP contribution in [0.2, 0.25) is 0 Å². The smallest absolute Gasteiger partial charge is 0.181 e. The molecule has 0 saturated heterocycles. The number of aryl methyl sites for hydroxylation is 1. The number of rotatable bonds is 6. The molecule has 152 valence electrons. The van der Waals surface area contributed by atoms with E-state index in [0.717, 1.165) is 49.4 Å². The van der Waals surface area contributed by atoms with Crippen molar-refractivity contribution in [3.63, 3.8) is 0 Å². The van der Waals surface area contributed by atoms with E-state index in [0.29, 0.717) is 18.0 Å². The van der Waals surface area contributed by atoms with Crippen molar-refractivity contribution in [1.29, 1.82) is 0 Å². The highest BCUT2D eigenvalue weighted by Crippen LogP contribution is 2.30. The van der Waals surface area contributed by atoms with Crippen LogP contribution in [-0.4, -0.2) is 33.0 Å². The Morgan fingerprint density at radius 2 is 1.93 bits per heavy atom. The SMILES string of the molecule is Cc1nc2c(OCC3CCCCC3)cccn2c1C(=O)CC1CCCC[C@H]1O. The number of nitrogens with zero attached hydrogens (tertiary/aromatic N) is 2. The Morgan fingerprint density at radius 1 is 1.18 bits per heavy atom. The summed E-state index contributed by atoms with van der Waals surface area (Å²) in [6, 6.07) is 3.88. The lowest BCUT2D eigenvalue weighted by atomic mass is 9.83. The van der Waals surface area contributed by atoms with Gasteiger partial charge < -0.3 is 9.84 Å². The quantitative estimate of drug-likeness (QED) is 0.732. The Hall–Kier alpha value is -1.88. The molecule has 2 aromatic heterocycles. The summed E-state index contributed by atoms with van der Waals surface area (Å²) in [5.74, 6) is 1.52. The van der Waals surface area contributed by atoms with E-state index in [1.54, 1.807) is 0 Å². The molecule has 28 heavy (non-hydrogen) atoms. The van der Waals surface area contributed by atoms with Crippen molar-refractivity contribution in [2.45, 2.75) is 77.2 Å². The minimum Gasteiger partial charge on any atom is -0.489 e. The second kappa shape index (κ2) is 8.64. The van der Waals surface area contributed by atoms with Crippen LogP contribution >= 0.6 is 0 Å². The molecule has 2 saturated carbocycles. The van der Waals surface area contributed by atoms with Gasteiger partial charge in [-0.3, -0.25) is 9.20 Å². The number of aromatic nitrogens is 2. The predicted octanol–water partition coefficient (Wildman–Crippen LogP) is 4.73. The number of hydrogen-bond donors (Lipinski definition) is 1. The molecule has 5 nitrogen and oxygen atoms in total. The minimum atomic E-state index is -0.355. The second-order valence-electron chi connectivity index (χ2n) is 8.67. The first-order chi connectivity index (χ1) is 13.6. The molecule has 4 rings (SSSR count). The van der Waals surface area contributed by atoms with Gasteiger partial charge in [-0.1, -0.05) is 32.1 Å². The summed E-state index contributed by atoms with van der Waals surface area (Å²) in [7, 11) is 0. The van der Waals surface area contributed by atoms with Gasteiger partial charge in [-0.05, 0) is 56.6 Å². The molecule has 1 N–H and O–H groups in total. The Kier molecular flexibility index (Phi) is 6.00. The number of ether oxygens (including phenoxy) is 1. The number of aliphatic hydroxyl groups excluding tert-OH is 1. The summed E-state index contributed by atoms with van der Waals surface area (Å²) < 4.78 is 8.02. The zero-order valence-corrected chi connectivity index (χ0v) is 16.9. The molecule has 2 aliphatic carbocycles. The summed E-state index contributed by atoms with van der Waals surface area (Å²) in [5, 5.41) is 10.2. The Morgan fingerprint density at radius 3 is 2.71 bits per heavy atom. The monoisotopic (exact) mass is 384 g/mol. The number of carbonyl (C=O) groups is 1. The summed E-state index contributed by atoms with van der Waals surface area (Å²) in [6.45, 7) is 2.62. The van der Waals surface area contributed by atoms with Gasteiger partial charge >= 0.3 is 0 Å². The van der Waals surface area contributed by atoms with Crippen LogP contribution < -0.4 is 4.74 Å². The summed E-state index contributed by atoms with van der Waals surface area (Å²) in [4.78, 5) is 17.7. The van der Waals surface area contributed by atoms with Crippen LogP contribution in [0.1, 0.15) is 80.4 Å². The number of ketones is 1. The minimum absolute atomic E-state index is 0.0666. The number of imidazole rings is 1. The lowest BCUT2D eigenvalue weighted by molar-refractivity contribution is 0.0580. The first-order valence-corrected chi connectivity index (χ1v) is 10.9. The Labute approximate surface area is 167 Å². The molecule has 0 amide bonds. The van der Waals surface area contributed by atoms with Crippen molar-refractivity contribution < 1.29 is 14.6 Å². The number of Topliss-reactive ketones (excluding diaryl/α,β-unsaturated/α-hetero) is 1. The van der Waals surface area contributed by atoms with E-state index in [1.165, 1.54) is 32.1 Å². The summed E-state index contributed by atoms with van der Waals surface area (Å²) in [5.41, 5.74) is 2.10. The maximum Gasteiger partial charge on any atom is 0.181 e. The third kappa shape index (κ3) is 4.09. The first-order valence-electron chi connectivity index (χ1n) is 10.9. The van der Waals surface area contributed by atoms with Crippen LogP contribution in [-0.2, 0) is 0 Å². The van der Waals surface area contributed by atoms with E-state index in [4.69, 9.17) is 4.74 Å². The molecule has 2 fully saturated rings. The number of fused-ring (bicyclic) bond motifs is 1. The van der Waals surface area contributed by atoms with Gasteiger partial charge in [-0.15, -0.1) is 0 Å². The fraction of sp³-hybridized carbons (Fsp3) is 0.652. The molecular formula is C23H32N2O3. The highest BCUT2D eigenvalue weighted by Gasteiger charge is 2.28. The van der Waals surface area contributed by atoms with Gasteiger partial charge in [0.1, 0.15) is 5.69 Å². The number of pyridine rings is 1. The van der Waals surface area contributed by atoms with Gasteiger partial charge in [0.2, 0.25) is 0 Å². The fourth-order valence-electron chi connectivity index (χ4n) is 4.93. The summed E-state index contributed by atoms with van der Waals surface area (Å²) >= 11 is 0. The van der Waals surface area contributed by atoms with E-state index < -0.39 is 0 Å². The molecule has 2 aromatic rings. The molecule has 0 bridgehead atoms. The number of carbonyl (C=O) groups excluding carboxylic acids is 1. The van der Waals surface area contributed by atoms with Crippen LogP contribution in [0.5, 0.6) is 5.75 Å². The molecule has 0 aliphatic heterocycles. The fourth-order valence-corrected chi connectivity index (χ4v) is 4.93. The molecule has 2 aliphatic rings. The van der Waals surface area contributed by atoms with E-state index in [1.807, 2.05) is 29.7 Å². The molecule has 0 spiro atoms. The number of aliphatic hydroxyl groups is 1. The van der Waals surface area contributed by atoms with Crippen molar-refractivity contribution in [2.24, 2.45) is 11.8 Å². The average Bonchev–Trinajstić information content (AvgIpc) is 3.05. The second-order valence-corrected chi connectivity index (χ2v) is 8.67. The molecule has 1 unspecified atom stereocenters. The highest BCUT2D eigenvalue weighted by atomic mass is 16.5. The van der Waals surface area contributed by atoms with Gasteiger partial charge in [0.15, 0.2) is 17.2 Å². The van der Waals surface area contributed by atoms with Crippen LogP contribution in [0, 0.1) is 18.8 Å². The maximum absolute atomic E-state index is 13.1. The molecule has 0 aromatic carbocycles. The van der Waals surface area contributed by atoms with Crippen molar-refractivity contribution in [1.82, 2.24) is 9.38 Å². The normalized spacial score (nSPS) is 23.8. The van der Waals surface area contributed by atoms with Crippen molar-refractivity contribution in [3.05, 3.63) is 29.7 Å². The van der Waals surface area contributed by atoms with E-state index in [2.05, 4.69) is 4.98 Å². The topological polar surface area (TPSA) is 63.8 Å². The van der Waals surface area contributed by atoms with E-state index in [-0.39, 0.29) is 17.8 Å². The Balaban J connectivity index is 1.52. The maximum atomic E-state index is 13.1. The number of hydrogen-bond acceptors (Lipinski definition) is 4. The largest absolute Gasteiger partial charge is 0.489 e. The van der Waals surface area contributed by atoms with Gasteiger partial charge in [-0.25, -0.2) is 4.98 Å². The average molecular weight is 385 g/mol. The molecule has 5 heteroatoms. The van der Waals surface area contributed by atoms with Crippen LogP contribution in [0.15, 0.2) is 18.3 Å². The van der Waals surface area contributed by atoms with Gasteiger partial charge in [0.05, 0.1) is 18.4 Å². The molecular weight excluding hydrogens is 352 g/mol. The van der Waals surface area contributed by atoms with Crippen LogP contribution in [0.4, 0.5) is 0 Å². The lowest BCUT2D eigenvalue weighted by Crippen LogP contribution is -2.27. The van der Waals surface area contributed by atoms with Crippen molar-refractivity contribution in [2.75, 3.05) is 6.61 Å². The first kappa shape index (κ1) is 19.4. The molecule has 0 radical (unpaired) electrons. The van der Waals surface area contributed by atoms with Gasteiger partial charge in [-0.2, -0.15) is 0 Å². The zero-order valence-electron chi connectivity index (χ0n) is 16.9.